The molecule has 0 saturated carbocycles. The van der Waals surface area contributed by atoms with E-state index in [1.807, 2.05) is 43.3 Å². The van der Waals surface area contributed by atoms with Gasteiger partial charge in [0.05, 0.1) is 24.0 Å². The highest BCUT2D eigenvalue weighted by Gasteiger charge is 2.19. The van der Waals surface area contributed by atoms with E-state index in [0.717, 1.165) is 34.5 Å². The number of aryl methyl sites for hydroxylation is 2. The van der Waals surface area contributed by atoms with E-state index in [1.54, 1.807) is 20.2 Å². The monoisotopic (exact) mass is 644 g/mol. The summed E-state index contributed by atoms with van der Waals surface area (Å²) >= 11 is 6.95. The minimum Gasteiger partial charge on any atom is -0.480 e. The van der Waals surface area contributed by atoms with Crippen LogP contribution in [0.1, 0.15) is 36.3 Å². The van der Waals surface area contributed by atoms with Crippen LogP contribution in [0.4, 0.5) is 11.5 Å². The number of ether oxygens (including phenoxy) is 2. The van der Waals surface area contributed by atoms with Crippen molar-refractivity contribution in [3.05, 3.63) is 85.5 Å². The van der Waals surface area contributed by atoms with Crippen LogP contribution in [-0.4, -0.2) is 49.4 Å². The number of rotatable bonds is 6. The summed E-state index contributed by atoms with van der Waals surface area (Å²) in [7, 11) is 4.52. The van der Waals surface area contributed by atoms with E-state index in [4.69, 9.17) is 26.8 Å². The predicted octanol–water partition coefficient (Wildman–Crippen LogP) is 4.82. The Balaban J connectivity index is 0.000000624. The first-order valence-corrected chi connectivity index (χ1v) is 15.3. The number of methoxy groups -OCH3 is 1. The summed E-state index contributed by atoms with van der Waals surface area (Å²) in [6, 6.07) is 11.4. The van der Waals surface area contributed by atoms with Crippen molar-refractivity contribution in [1.29, 1.82) is 0 Å². The molecule has 1 saturated heterocycles. The second kappa shape index (κ2) is 14.2. The summed E-state index contributed by atoms with van der Waals surface area (Å²) in [5, 5.41) is 4.01. The first-order chi connectivity index (χ1) is 22.2. The van der Waals surface area contributed by atoms with Crippen LogP contribution in [-0.2, 0) is 25.4 Å². The van der Waals surface area contributed by atoms with Gasteiger partial charge in [0.25, 0.3) is 5.56 Å². The molecule has 2 aromatic carbocycles. The Hall–Kier alpha value is -4.65. The van der Waals surface area contributed by atoms with Crippen LogP contribution in [0.5, 0.6) is 5.88 Å². The van der Waals surface area contributed by atoms with Crippen molar-refractivity contribution in [2.24, 2.45) is 19.8 Å². The third-order valence-corrected chi connectivity index (χ3v) is 8.25. The Morgan fingerprint density at radius 3 is 2.30 bits per heavy atom. The third-order valence-electron chi connectivity index (χ3n) is 7.84. The molecule has 46 heavy (non-hydrogen) atoms. The van der Waals surface area contributed by atoms with Crippen LogP contribution in [0.3, 0.4) is 0 Å². The number of nitrogens with one attached hydrogen (secondary N) is 1. The van der Waals surface area contributed by atoms with Gasteiger partial charge in [-0.1, -0.05) is 41.9 Å². The number of nitrogens with zero attached hydrogens (tertiary/aromatic N) is 6. The molecule has 0 aliphatic carbocycles. The molecule has 0 bridgehead atoms. The lowest BCUT2D eigenvalue weighted by Gasteiger charge is -2.17. The fourth-order valence-corrected chi connectivity index (χ4v) is 5.63. The Kier molecular flexibility index (Phi) is 10.1. The zero-order valence-corrected chi connectivity index (χ0v) is 27.3. The molecule has 0 amide bonds. The molecule has 1 aliphatic rings. The fourth-order valence-electron chi connectivity index (χ4n) is 5.30. The van der Waals surface area contributed by atoms with Gasteiger partial charge in [0.1, 0.15) is 22.7 Å². The topological polar surface area (TPSA) is 152 Å². The summed E-state index contributed by atoms with van der Waals surface area (Å²) in [6.45, 7) is 5.86. The molecular weight excluding hydrogens is 608 g/mol. The quantitative estimate of drug-likeness (QED) is 0.263. The lowest BCUT2D eigenvalue weighted by Crippen LogP contribution is -2.37. The standard InChI is InChI=1S/C28H27ClN8O3.C5H10O/c1-14-16(17-9-6-10-18(23(17)29)21-13-31-20(12-30)26(35-21)40-5)8-7-11-19(14)34-24-22-25(33-15(2)32-24)36(3)28(39)37(4)27(22)38;1-2-4-6-5-3-1/h6-11,13H,12,30H2,1-5H3,(H,32,33,34);1-5H2. The van der Waals surface area contributed by atoms with Gasteiger partial charge < -0.3 is 20.5 Å². The van der Waals surface area contributed by atoms with Gasteiger partial charge in [0.15, 0.2) is 5.65 Å². The molecule has 3 N–H and O–H groups in total. The van der Waals surface area contributed by atoms with Crippen molar-refractivity contribution in [3.63, 3.8) is 0 Å². The zero-order valence-electron chi connectivity index (χ0n) is 26.6. The van der Waals surface area contributed by atoms with Crippen LogP contribution in [0, 0.1) is 13.8 Å². The van der Waals surface area contributed by atoms with Crippen molar-refractivity contribution < 1.29 is 9.47 Å². The van der Waals surface area contributed by atoms with Gasteiger partial charge in [0.2, 0.25) is 5.88 Å². The molecule has 240 valence electrons. The van der Waals surface area contributed by atoms with E-state index >= 15 is 0 Å². The molecule has 0 radical (unpaired) electrons. The lowest BCUT2D eigenvalue weighted by atomic mass is 9.96. The summed E-state index contributed by atoms with van der Waals surface area (Å²) in [6.07, 6.45) is 5.55. The Bertz CT molecular complexity index is 2010. The number of halogens is 1. The molecule has 5 aromatic rings. The molecule has 13 heteroatoms. The van der Waals surface area contributed by atoms with Gasteiger partial charge >= 0.3 is 5.69 Å². The van der Waals surface area contributed by atoms with Crippen molar-refractivity contribution in [3.8, 4) is 28.3 Å². The maximum atomic E-state index is 13.1. The largest absolute Gasteiger partial charge is 0.480 e. The Labute approximate surface area is 271 Å². The maximum Gasteiger partial charge on any atom is 0.332 e. The zero-order chi connectivity index (χ0) is 33.0. The van der Waals surface area contributed by atoms with Crippen LogP contribution in [0.25, 0.3) is 33.4 Å². The summed E-state index contributed by atoms with van der Waals surface area (Å²) in [5.74, 6) is 1.07. The van der Waals surface area contributed by atoms with Gasteiger partial charge in [-0.2, -0.15) is 0 Å². The average Bonchev–Trinajstić information content (AvgIpc) is 3.08. The van der Waals surface area contributed by atoms with E-state index in [0.29, 0.717) is 45.2 Å². The smallest absolute Gasteiger partial charge is 0.332 e. The van der Waals surface area contributed by atoms with Gasteiger partial charge in [-0.05, 0) is 50.3 Å². The minimum atomic E-state index is -0.484. The molecule has 12 nitrogen and oxygen atoms in total. The molecule has 1 fully saturated rings. The number of anilines is 2. The van der Waals surface area contributed by atoms with E-state index in [-0.39, 0.29) is 17.6 Å². The molecule has 0 spiro atoms. The highest BCUT2D eigenvalue weighted by atomic mass is 35.5. The molecule has 3 aromatic heterocycles. The first-order valence-electron chi connectivity index (χ1n) is 14.9. The highest BCUT2D eigenvalue weighted by Crippen LogP contribution is 2.39. The van der Waals surface area contributed by atoms with E-state index in [1.165, 1.54) is 38.0 Å². The maximum absolute atomic E-state index is 13.1. The first kappa shape index (κ1) is 32.7. The minimum absolute atomic E-state index is 0.201. The van der Waals surface area contributed by atoms with Gasteiger partial charge in [-0.3, -0.25) is 18.9 Å². The number of fused-ring (bicyclic) bond motifs is 1. The fraction of sp³-hybridized carbons (Fsp3) is 0.333. The number of aromatic nitrogens is 6. The number of hydrogen-bond acceptors (Lipinski definition) is 10. The number of benzene rings is 2. The van der Waals surface area contributed by atoms with Crippen molar-refractivity contribution in [2.45, 2.75) is 39.7 Å². The Morgan fingerprint density at radius 2 is 1.65 bits per heavy atom. The molecule has 6 rings (SSSR count). The molecule has 0 atom stereocenters. The van der Waals surface area contributed by atoms with E-state index < -0.39 is 11.2 Å². The molecule has 0 unspecified atom stereocenters. The highest BCUT2D eigenvalue weighted by molar-refractivity contribution is 6.36. The van der Waals surface area contributed by atoms with Crippen molar-refractivity contribution in [2.75, 3.05) is 25.6 Å². The summed E-state index contributed by atoms with van der Waals surface area (Å²) in [5.41, 5.74) is 10.1. The van der Waals surface area contributed by atoms with E-state index in [9.17, 15) is 9.59 Å². The number of nitrogens with two attached hydrogens (primary N) is 1. The number of hydrogen-bond donors (Lipinski definition) is 2. The molecule has 4 heterocycles. The van der Waals surface area contributed by atoms with Crippen LogP contribution in [0.2, 0.25) is 5.02 Å². The van der Waals surface area contributed by atoms with Gasteiger partial charge in [-0.25, -0.2) is 19.7 Å². The predicted molar refractivity (Wildman–Crippen MR) is 180 cm³/mol. The van der Waals surface area contributed by atoms with Crippen LogP contribution in [0.15, 0.2) is 52.2 Å². The van der Waals surface area contributed by atoms with E-state index in [2.05, 4.69) is 25.3 Å². The lowest BCUT2D eigenvalue weighted by molar-refractivity contribution is 0.0968. The van der Waals surface area contributed by atoms with Crippen LogP contribution < -0.4 is 27.0 Å². The summed E-state index contributed by atoms with van der Waals surface area (Å²) in [4.78, 5) is 43.4. The van der Waals surface area contributed by atoms with Gasteiger partial charge in [0, 0.05) is 50.7 Å². The SMILES string of the molecule is C1CCOCC1.COc1nc(-c2cccc(-c3cccc(Nc4nc(C)nc5c4c(=O)n(C)c(=O)n5C)c3C)c2Cl)cnc1CN. The second-order valence-corrected chi connectivity index (χ2v) is 11.3. The molecule has 1 aliphatic heterocycles. The average molecular weight is 645 g/mol. The van der Waals surface area contributed by atoms with Crippen molar-refractivity contribution >= 4 is 34.1 Å². The van der Waals surface area contributed by atoms with Gasteiger partial charge in [-0.15, -0.1) is 0 Å². The normalized spacial score (nSPS) is 12.8. The second-order valence-electron chi connectivity index (χ2n) is 10.9. The summed E-state index contributed by atoms with van der Waals surface area (Å²) < 4.78 is 12.8. The molecular formula is C33H37ClN8O4. The van der Waals surface area contributed by atoms with Crippen LogP contribution >= 0.6 is 11.6 Å². The Morgan fingerprint density at radius 1 is 0.957 bits per heavy atom. The third kappa shape index (κ3) is 6.50. The van der Waals surface area contributed by atoms with Crippen molar-refractivity contribution in [1.82, 2.24) is 29.1 Å².